The second-order valence-corrected chi connectivity index (χ2v) is 4.69. The van der Waals surface area contributed by atoms with Crippen molar-refractivity contribution in [2.45, 2.75) is 26.7 Å². The average Bonchev–Trinajstić information content (AvgIpc) is 2.90. The van der Waals surface area contributed by atoms with Crippen molar-refractivity contribution in [3.8, 4) is 0 Å². The Bertz CT molecular complexity index is 466. The van der Waals surface area contributed by atoms with E-state index in [1.807, 2.05) is 25.3 Å². The SMILES string of the molecule is CCO.Cc1ccc([N+](=O)[O-])c(/C=C/N2CCCC2)c1. The molecule has 0 radical (unpaired) electrons. The Morgan fingerprint density at radius 3 is 2.55 bits per heavy atom. The van der Waals surface area contributed by atoms with Gasteiger partial charge in [0, 0.05) is 25.8 Å². The molecule has 1 heterocycles. The molecule has 1 aromatic carbocycles. The summed E-state index contributed by atoms with van der Waals surface area (Å²) < 4.78 is 0. The van der Waals surface area contributed by atoms with Crippen molar-refractivity contribution in [2.75, 3.05) is 19.7 Å². The molecule has 1 N–H and O–H groups in total. The number of aliphatic hydroxyl groups excluding tert-OH is 1. The standard InChI is InChI=1S/C13H16N2O2.C2H6O/c1-11-4-5-13(15(16)17)12(10-11)6-9-14-7-2-3-8-14;1-2-3/h4-6,9-10H,2-3,7-8H2,1H3;3H,2H2,1H3/b9-6+;. The molecule has 0 unspecified atom stereocenters. The number of nitro benzene ring substituents is 1. The zero-order valence-electron chi connectivity index (χ0n) is 12.1. The number of hydrogen-bond acceptors (Lipinski definition) is 4. The fourth-order valence-electron chi connectivity index (χ4n) is 2.05. The molecule has 0 aliphatic carbocycles. The smallest absolute Gasteiger partial charge is 0.276 e. The highest BCUT2D eigenvalue weighted by atomic mass is 16.6. The van der Waals surface area contributed by atoms with Gasteiger partial charge in [0.1, 0.15) is 0 Å². The highest BCUT2D eigenvalue weighted by molar-refractivity contribution is 5.61. The number of rotatable bonds is 3. The monoisotopic (exact) mass is 278 g/mol. The lowest BCUT2D eigenvalue weighted by atomic mass is 10.1. The van der Waals surface area contributed by atoms with Crippen LogP contribution in [-0.2, 0) is 0 Å². The van der Waals surface area contributed by atoms with E-state index in [1.165, 1.54) is 12.8 Å². The summed E-state index contributed by atoms with van der Waals surface area (Å²) in [6, 6.07) is 5.19. The highest BCUT2D eigenvalue weighted by Gasteiger charge is 2.12. The molecule has 1 aliphatic rings. The summed E-state index contributed by atoms with van der Waals surface area (Å²) >= 11 is 0. The van der Waals surface area contributed by atoms with Crippen LogP contribution in [-0.4, -0.2) is 34.6 Å². The molecule has 0 amide bonds. The lowest BCUT2D eigenvalue weighted by Gasteiger charge is -2.10. The maximum atomic E-state index is 10.9. The molecule has 0 spiro atoms. The Kier molecular flexibility index (Phi) is 6.73. The Balaban J connectivity index is 0.000000612. The number of likely N-dealkylation sites (tertiary alicyclic amines) is 1. The molecule has 1 saturated heterocycles. The first-order valence-corrected chi connectivity index (χ1v) is 6.86. The van der Waals surface area contributed by atoms with Crippen molar-refractivity contribution >= 4 is 11.8 Å². The van der Waals surface area contributed by atoms with Gasteiger partial charge in [-0.1, -0.05) is 11.6 Å². The molecule has 0 bridgehead atoms. The summed E-state index contributed by atoms with van der Waals surface area (Å²) in [6.07, 6.45) is 6.23. The summed E-state index contributed by atoms with van der Waals surface area (Å²) in [5.74, 6) is 0. The number of aryl methyl sites for hydroxylation is 1. The van der Waals surface area contributed by atoms with Gasteiger partial charge in [0.2, 0.25) is 0 Å². The molecule has 2 rings (SSSR count). The third-order valence-electron chi connectivity index (χ3n) is 2.99. The molecular formula is C15H22N2O3. The summed E-state index contributed by atoms with van der Waals surface area (Å²) in [5, 5.41) is 18.5. The number of aliphatic hydroxyl groups is 1. The average molecular weight is 278 g/mol. The fraction of sp³-hybridized carbons (Fsp3) is 0.467. The van der Waals surface area contributed by atoms with Crippen molar-refractivity contribution in [1.29, 1.82) is 0 Å². The lowest BCUT2D eigenvalue weighted by molar-refractivity contribution is -0.385. The second-order valence-electron chi connectivity index (χ2n) is 4.69. The predicted molar refractivity (Wildman–Crippen MR) is 80.4 cm³/mol. The van der Waals surface area contributed by atoms with Crippen molar-refractivity contribution in [3.05, 3.63) is 45.6 Å². The van der Waals surface area contributed by atoms with Gasteiger partial charge in [-0.3, -0.25) is 10.1 Å². The van der Waals surface area contributed by atoms with Crippen LogP contribution < -0.4 is 0 Å². The highest BCUT2D eigenvalue weighted by Crippen LogP contribution is 2.21. The minimum atomic E-state index is -0.330. The molecule has 0 atom stereocenters. The van der Waals surface area contributed by atoms with Gasteiger partial charge < -0.3 is 10.0 Å². The van der Waals surface area contributed by atoms with Gasteiger partial charge in [0.25, 0.3) is 5.69 Å². The zero-order chi connectivity index (χ0) is 15.0. The number of benzene rings is 1. The number of hydrogen-bond donors (Lipinski definition) is 1. The van der Waals surface area contributed by atoms with Gasteiger partial charge in [-0.05, 0) is 45.0 Å². The molecule has 1 aliphatic heterocycles. The van der Waals surface area contributed by atoms with E-state index in [1.54, 1.807) is 19.1 Å². The molecule has 5 nitrogen and oxygen atoms in total. The maximum absolute atomic E-state index is 10.9. The minimum absolute atomic E-state index is 0.172. The maximum Gasteiger partial charge on any atom is 0.276 e. The van der Waals surface area contributed by atoms with Crippen LogP contribution >= 0.6 is 0 Å². The molecule has 110 valence electrons. The molecule has 0 saturated carbocycles. The van der Waals surface area contributed by atoms with Crippen LogP contribution in [0.15, 0.2) is 24.4 Å². The number of nitro groups is 1. The van der Waals surface area contributed by atoms with E-state index in [2.05, 4.69) is 4.90 Å². The third kappa shape index (κ3) is 5.01. The summed E-state index contributed by atoms with van der Waals surface area (Å²) in [7, 11) is 0. The van der Waals surface area contributed by atoms with Gasteiger partial charge >= 0.3 is 0 Å². The Labute approximate surface area is 119 Å². The number of nitrogens with zero attached hydrogens (tertiary/aromatic N) is 2. The van der Waals surface area contributed by atoms with Crippen LogP contribution in [0.4, 0.5) is 5.69 Å². The molecule has 1 fully saturated rings. The van der Waals surface area contributed by atoms with Crippen LogP contribution in [0.2, 0.25) is 0 Å². The molecule has 0 aromatic heterocycles. The van der Waals surface area contributed by atoms with E-state index in [9.17, 15) is 10.1 Å². The van der Waals surface area contributed by atoms with E-state index in [0.29, 0.717) is 5.56 Å². The quantitative estimate of drug-likeness (QED) is 0.682. The summed E-state index contributed by atoms with van der Waals surface area (Å²) in [5.41, 5.74) is 1.89. The topological polar surface area (TPSA) is 66.6 Å². The predicted octanol–water partition coefficient (Wildman–Crippen LogP) is 2.97. The van der Waals surface area contributed by atoms with Crippen LogP contribution in [0.5, 0.6) is 0 Å². The Morgan fingerprint density at radius 1 is 1.40 bits per heavy atom. The van der Waals surface area contributed by atoms with Crippen molar-refractivity contribution in [3.63, 3.8) is 0 Å². The van der Waals surface area contributed by atoms with E-state index in [-0.39, 0.29) is 17.2 Å². The van der Waals surface area contributed by atoms with E-state index >= 15 is 0 Å². The Morgan fingerprint density at radius 2 is 2.00 bits per heavy atom. The van der Waals surface area contributed by atoms with Crippen molar-refractivity contribution in [2.24, 2.45) is 0 Å². The molecular weight excluding hydrogens is 256 g/mol. The van der Waals surface area contributed by atoms with Gasteiger partial charge in [0.05, 0.1) is 10.5 Å². The first-order chi connectivity index (χ1) is 9.58. The summed E-state index contributed by atoms with van der Waals surface area (Å²) in [4.78, 5) is 12.8. The third-order valence-corrected chi connectivity index (χ3v) is 2.99. The first-order valence-electron chi connectivity index (χ1n) is 6.86. The van der Waals surface area contributed by atoms with Crippen LogP contribution in [0.25, 0.3) is 6.08 Å². The van der Waals surface area contributed by atoms with E-state index in [4.69, 9.17) is 5.11 Å². The minimum Gasteiger partial charge on any atom is -0.397 e. The normalized spacial score (nSPS) is 14.2. The zero-order valence-corrected chi connectivity index (χ0v) is 12.1. The van der Waals surface area contributed by atoms with Crippen molar-refractivity contribution in [1.82, 2.24) is 4.90 Å². The fourth-order valence-corrected chi connectivity index (χ4v) is 2.05. The van der Waals surface area contributed by atoms with Crippen LogP contribution in [0.1, 0.15) is 30.9 Å². The van der Waals surface area contributed by atoms with Gasteiger partial charge in [-0.15, -0.1) is 0 Å². The molecule has 5 heteroatoms. The van der Waals surface area contributed by atoms with Gasteiger partial charge in [-0.2, -0.15) is 0 Å². The Hall–Kier alpha value is -1.88. The van der Waals surface area contributed by atoms with Crippen LogP contribution in [0, 0.1) is 17.0 Å². The summed E-state index contributed by atoms with van der Waals surface area (Å²) in [6.45, 7) is 5.98. The molecule has 1 aromatic rings. The van der Waals surface area contributed by atoms with Crippen molar-refractivity contribution < 1.29 is 10.0 Å². The van der Waals surface area contributed by atoms with E-state index in [0.717, 1.165) is 18.7 Å². The van der Waals surface area contributed by atoms with E-state index < -0.39 is 0 Å². The first kappa shape index (κ1) is 16.2. The largest absolute Gasteiger partial charge is 0.397 e. The second kappa shape index (κ2) is 8.32. The molecule has 20 heavy (non-hydrogen) atoms. The van der Waals surface area contributed by atoms with Crippen LogP contribution in [0.3, 0.4) is 0 Å². The lowest BCUT2D eigenvalue weighted by Crippen LogP contribution is -2.10. The van der Waals surface area contributed by atoms with Gasteiger partial charge in [0.15, 0.2) is 0 Å². The van der Waals surface area contributed by atoms with Gasteiger partial charge in [-0.25, -0.2) is 0 Å².